The molecule has 134 valence electrons. The molecular weight excluding hydrogens is 400 g/mol. The number of halogens is 1. The van der Waals surface area contributed by atoms with Crippen molar-refractivity contribution in [2.24, 2.45) is 0 Å². The monoisotopic (exact) mass is 416 g/mol. The first-order chi connectivity index (χ1) is 12.6. The zero-order chi connectivity index (χ0) is 18.5. The zero-order valence-electron chi connectivity index (χ0n) is 14.2. The lowest BCUT2D eigenvalue weighted by Gasteiger charge is -2.17. The van der Waals surface area contributed by atoms with E-state index in [-0.39, 0.29) is 12.1 Å². The van der Waals surface area contributed by atoms with Gasteiger partial charge in [-0.05, 0) is 36.8 Å². The molecule has 3 aromatic rings. The van der Waals surface area contributed by atoms with Crippen LogP contribution in [-0.2, 0) is 0 Å². The smallest absolute Gasteiger partial charge is 0.319 e. The second-order valence-electron chi connectivity index (χ2n) is 5.43. The van der Waals surface area contributed by atoms with Gasteiger partial charge in [0.15, 0.2) is 5.82 Å². The largest absolute Gasteiger partial charge is 0.497 e. The van der Waals surface area contributed by atoms with Gasteiger partial charge in [-0.2, -0.15) is 10.2 Å². The van der Waals surface area contributed by atoms with E-state index in [0.29, 0.717) is 11.5 Å². The summed E-state index contributed by atoms with van der Waals surface area (Å²) in [5.41, 5.74) is 1.51. The summed E-state index contributed by atoms with van der Waals surface area (Å²) in [7, 11) is 1.61. The van der Waals surface area contributed by atoms with Crippen LogP contribution in [0.25, 0.3) is 5.82 Å². The van der Waals surface area contributed by atoms with Crippen LogP contribution in [0.15, 0.2) is 53.4 Å². The van der Waals surface area contributed by atoms with E-state index in [1.54, 1.807) is 37.8 Å². The highest BCUT2D eigenvalue weighted by Crippen LogP contribution is 2.27. The van der Waals surface area contributed by atoms with E-state index in [0.717, 1.165) is 15.8 Å². The Hall–Kier alpha value is -2.94. The van der Waals surface area contributed by atoms with Crippen LogP contribution in [0, 0.1) is 0 Å². The summed E-state index contributed by atoms with van der Waals surface area (Å²) in [6, 6.07) is 8.54. The van der Waals surface area contributed by atoms with Crippen LogP contribution in [0.1, 0.15) is 18.5 Å². The van der Waals surface area contributed by atoms with Crippen molar-refractivity contribution < 1.29 is 9.53 Å². The molecule has 0 bridgehead atoms. The molecule has 9 heteroatoms. The Morgan fingerprint density at radius 2 is 2.00 bits per heavy atom. The molecular formula is C17H17BrN6O2. The van der Waals surface area contributed by atoms with Gasteiger partial charge >= 0.3 is 6.03 Å². The third-order valence-electron chi connectivity index (χ3n) is 3.65. The highest BCUT2D eigenvalue weighted by molar-refractivity contribution is 9.10. The first kappa shape index (κ1) is 17.9. The summed E-state index contributed by atoms with van der Waals surface area (Å²) >= 11 is 3.50. The average Bonchev–Trinajstić information content (AvgIpc) is 3.16. The molecule has 2 heterocycles. The molecule has 0 aliphatic heterocycles. The zero-order valence-corrected chi connectivity index (χ0v) is 15.8. The number of hydrogen-bond acceptors (Lipinski definition) is 5. The molecule has 3 rings (SSSR count). The van der Waals surface area contributed by atoms with Crippen molar-refractivity contribution in [1.82, 2.24) is 25.3 Å². The van der Waals surface area contributed by atoms with Gasteiger partial charge in [0.05, 0.1) is 37.4 Å². The van der Waals surface area contributed by atoms with Crippen LogP contribution in [0.2, 0.25) is 0 Å². The Bertz CT molecular complexity index is 883. The van der Waals surface area contributed by atoms with Gasteiger partial charge in [-0.15, -0.1) is 4.80 Å². The van der Waals surface area contributed by atoms with Crippen molar-refractivity contribution in [3.05, 3.63) is 59.0 Å². The molecule has 0 aliphatic carbocycles. The fourth-order valence-corrected chi connectivity index (χ4v) is 3.04. The summed E-state index contributed by atoms with van der Waals surface area (Å²) in [6.07, 6.45) is 4.69. The number of methoxy groups -OCH3 is 1. The number of benzene rings is 1. The molecule has 0 spiro atoms. The number of carbonyl (C=O) groups is 1. The lowest BCUT2D eigenvalue weighted by molar-refractivity contribution is 0.249. The van der Waals surface area contributed by atoms with E-state index < -0.39 is 0 Å². The van der Waals surface area contributed by atoms with Gasteiger partial charge in [0.2, 0.25) is 0 Å². The van der Waals surface area contributed by atoms with Crippen LogP contribution in [0.4, 0.5) is 10.5 Å². The van der Waals surface area contributed by atoms with Gasteiger partial charge in [0.1, 0.15) is 5.75 Å². The molecule has 1 aromatic carbocycles. The molecule has 0 aliphatic rings. The maximum atomic E-state index is 12.2. The first-order valence-electron chi connectivity index (χ1n) is 7.80. The average molecular weight is 417 g/mol. The summed E-state index contributed by atoms with van der Waals surface area (Å²) in [5.74, 6) is 1.31. The van der Waals surface area contributed by atoms with Gasteiger partial charge in [-0.3, -0.25) is 0 Å². The molecule has 0 saturated heterocycles. The van der Waals surface area contributed by atoms with Crippen LogP contribution >= 0.6 is 15.9 Å². The number of aromatic nitrogens is 4. The maximum absolute atomic E-state index is 12.2. The Morgan fingerprint density at radius 3 is 2.62 bits per heavy atom. The van der Waals surface area contributed by atoms with E-state index in [1.165, 1.54) is 4.80 Å². The van der Waals surface area contributed by atoms with Crippen LogP contribution in [0.3, 0.4) is 0 Å². The van der Waals surface area contributed by atoms with Crippen molar-refractivity contribution in [2.75, 3.05) is 12.4 Å². The SMILES string of the molecule is COc1ccc([C@@H](C)NC(=O)Nc2ccc(-n3nccn3)nc2)c(Br)c1. The minimum Gasteiger partial charge on any atom is -0.497 e. The minimum absolute atomic E-state index is 0.198. The van der Waals surface area contributed by atoms with Crippen LogP contribution in [0.5, 0.6) is 5.75 Å². The number of pyridine rings is 1. The highest BCUT2D eigenvalue weighted by atomic mass is 79.9. The van der Waals surface area contributed by atoms with E-state index in [4.69, 9.17) is 4.74 Å². The van der Waals surface area contributed by atoms with Gasteiger partial charge in [-0.25, -0.2) is 9.78 Å². The number of amides is 2. The molecule has 2 N–H and O–H groups in total. The second-order valence-corrected chi connectivity index (χ2v) is 6.29. The number of ether oxygens (including phenoxy) is 1. The number of nitrogens with zero attached hydrogens (tertiary/aromatic N) is 4. The molecule has 0 fully saturated rings. The highest BCUT2D eigenvalue weighted by Gasteiger charge is 2.13. The number of rotatable bonds is 5. The summed E-state index contributed by atoms with van der Waals surface area (Å²) < 4.78 is 6.04. The molecule has 2 aromatic heterocycles. The lowest BCUT2D eigenvalue weighted by Crippen LogP contribution is -2.31. The molecule has 26 heavy (non-hydrogen) atoms. The van der Waals surface area contributed by atoms with Gasteiger partial charge in [0.25, 0.3) is 0 Å². The van der Waals surface area contributed by atoms with Crippen molar-refractivity contribution in [2.45, 2.75) is 13.0 Å². The molecule has 0 saturated carbocycles. The van der Waals surface area contributed by atoms with Crippen molar-refractivity contribution in [3.63, 3.8) is 0 Å². The number of anilines is 1. The normalized spacial score (nSPS) is 11.7. The predicted octanol–water partition coefficient (Wildman–Crippen LogP) is 3.32. The molecule has 1 atom stereocenters. The van der Waals surface area contributed by atoms with E-state index in [2.05, 4.69) is 41.7 Å². The van der Waals surface area contributed by atoms with E-state index in [9.17, 15) is 4.79 Å². The maximum Gasteiger partial charge on any atom is 0.319 e. The molecule has 0 radical (unpaired) electrons. The Labute approximate surface area is 158 Å². The topological polar surface area (TPSA) is 94.0 Å². The number of carbonyl (C=O) groups excluding carboxylic acids is 1. The number of hydrogen-bond donors (Lipinski definition) is 2. The fraction of sp³-hybridized carbons (Fsp3) is 0.176. The fourth-order valence-electron chi connectivity index (χ4n) is 2.34. The summed E-state index contributed by atoms with van der Waals surface area (Å²) in [5, 5.41) is 13.6. The van der Waals surface area contributed by atoms with Crippen LogP contribution in [-0.4, -0.2) is 33.1 Å². The summed E-state index contributed by atoms with van der Waals surface area (Å²) in [4.78, 5) is 17.8. The molecule has 2 amide bonds. The lowest BCUT2D eigenvalue weighted by atomic mass is 10.1. The molecule has 8 nitrogen and oxygen atoms in total. The van der Waals surface area contributed by atoms with E-state index in [1.807, 2.05) is 25.1 Å². The second kappa shape index (κ2) is 7.96. The van der Waals surface area contributed by atoms with Gasteiger partial charge in [-0.1, -0.05) is 22.0 Å². The Balaban J connectivity index is 1.61. The quantitative estimate of drug-likeness (QED) is 0.665. The van der Waals surface area contributed by atoms with Crippen molar-refractivity contribution in [3.8, 4) is 11.6 Å². The van der Waals surface area contributed by atoms with E-state index >= 15 is 0 Å². The van der Waals surface area contributed by atoms with Crippen molar-refractivity contribution >= 4 is 27.6 Å². The summed E-state index contributed by atoms with van der Waals surface area (Å²) in [6.45, 7) is 1.90. The molecule has 0 unspecified atom stereocenters. The predicted molar refractivity (Wildman–Crippen MR) is 100 cm³/mol. The van der Waals surface area contributed by atoms with Gasteiger partial charge < -0.3 is 15.4 Å². The minimum atomic E-state index is -0.327. The number of urea groups is 1. The standard InChI is InChI=1S/C17H17BrN6O2/c1-11(14-5-4-13(26-2)9-15(14)18)22-17(25)23-12-3-6-16(19-10-12)24-20-7-8-21-24/h3-11H,1-2H3,(H2,22,23,25)/t11-/m1/s1. The number of nitrogens with one attached hydrogen (secondary N) is 2. The van der Waals surface area contributed by atoms with Crippen LogP contribution < -0.4 is 15.4 Å². The Morgan fingerprint density at radius 1 is 1.23 bits per heavy atom. The Kier molecular flexibility index (Phi) is 5.47. The third-order valence-corrected chi connectivity index (χ3v) is 4.34. The first-order valence-corrected chi connectivity index (χ1v) is 8.60. The van der Waals surface area contributed by atoms with Gasteiger partial charge in [0, 0.05) is 4.47 Å². The van der Waals surface area contributed by atoms with Crippen molar-refractivity contribution in [1.29, 1.82) is 0 Å². The third kappa shape index (κ3) is 4.17.